The molecule has 0 aromatic heterocycles. The van der Waals surface area contributed by atoms with Crippen molar-refractivity contribution in [3.8, 4) is 0 Å². The van der Waals surface area contributed by atoms with Crippen LogP contribution in [-0.2, 0) is 17.9 Å². The maximum atomic E-state index is 12.8. The maximum Gasteiger partial charge on any atom is 0.424 e. The molecular formula is C19H27ClN3O3+. The Balaban J connectivity index is 1.67. The van der Waals surface area contributed by atoms with Crippen LogP contribution in [0.2, 0.25) is 5.02 Å². The number of quaternary nitrogens is 1. The van der Waals surface area contributed by atoms with Gasteiger partial charge in [0.1, 0.15) is 13.1 Å². The van der Waals surface area contributed by atoms with Crippen LogP contribution in [0.15, 0.2) is 18.2 Å². The number of aliphatic hydroxyl groups is 1. The number of nitrogens with two attached hydrogens (primary N) is 1. The second-order valence-electron chi connectivity index (χ2n) is 7.91. The highest BCUT2D eigenvalue weighted by Crippen LogP contribution is 2.49. The smallest absolute Gasteiger partial charge is 0.379 e. The fourth-order valence-electron chi connectivity index (χ4n) is 3.54. The zero-order valence-corrected chi connectivity index (χ0v) is 15.9. The van der Waals surface area contributed by atoms with E-state index in [2.05, 4.69) is 12.2 Å². The van der Waals surface area contributed by atoms with Gasteiger partial charge in [-0.2, -0.15) is 4.48 Å². The number of hydrogen-bond acceptors (Lipinski definition) is 4. The van der Waals surface area contributed by atoms with Gasteiger partial charge in [0.2, 0.25) is 0 Å². The monoisotopic (exact) mass is 380 g/mol. The summed E-state index contributed by atoms with van der Waals surface area (Å²) in [5.41, 5.74) is 7.53. The molecule has 0 radical (unpaired) electrons. The fourth-order valence-corrected chi connectivity index (χ4v) is 3.73. The summed E-state index contributed by atoms with van der Waals surface area (Å²) in [5.74, 6) is -0.382. The molecule has 3 amide bonds. The second kappa shape index (κ2) is 7.27. The van der Waals surface area contributed by atoms with E-state index in [9.17, 15) is 14.7 Å². The molecule has 4 N–H and O–H groups in total. The van der Waals surface area contributed by atoms with Crippen molar-refractivity contribution < 1.29 is 19.2 Å². The number of amides is 3. The second-order valence-corrected chi connectivity index (χ2v) is 8.35. The summed E-state index contributed by atoms with van der Waals surface area (Å²) in [5, 5.41) is 13.8. The molecule has 2 aliphatic rings. The van der Waals surface area contributed by atoms with Crippen LogP contribution >= 0.6 is 11.6 Å². The van der Waals surface area contributed by atoms with Gasteiger partial charge in [-0.25, -0.2) is 9.59 Å². The van der Waals surface area contributed by atoms with Crippen molar-refractivity contribution >= 4 is 23.5 Å². The van der Waals surface area contributed by atoms with Gasteiger partial charge < -0.3 is 16.2 Å². The summed E-state index contributed by atoms with van der Waals surface area (Å²) in [7, 11) is 0. The van der Waals surface area contributed by atoms with E-state index in [0.29, 0.717) is 31.1 Å². The minimum absolute atomic E-state index is 0.0528. The number of benzene rings is 1. The maximum absolute atomic E-state index is 12.8. The molecule has 1 aromatic rings. The fraction of sp³-hybridized carbons (Fsp3) is 0.579. The van der Waals surface area contributed by atoms with Crippen molar-refractivity contribution in [2.24, 2.45) is 11.1 Å². The highest BCUT2D eigenvalue weighted by atomic mass is 35.5. The Labute approximate surface area is 158 Å². The van der Waals surface area contributed by atoms with Gasteiger partial charge in [-0.3, -0.25) is 0 Å². The number of nitrogens with one attached hydrogen (secondary N) is 1. The number of likely N-dealkylation sites (tertiary alicyclic amines) is 1. The van der Waals surface area contributed by atoms with Crippen LogP contribution in [0.25, 0.3) is 0 Å². The molecule has 26 heavy (non-hydrogen) atoms. The van der Waals surface area contributed by atoms with Crippen LogP contribution < -0.4 is 11.1 Å². The lowest BCUT2D eigenvalue weighted by Gasteiger charge is -2.41. The lowest BCUT2D eigenvalue weighted by atomic mass is 9.98. The minimum Gasteiger partial charge on any atom is -0.379 e. The SMILES string of the molecule is CC1(C[C@@H](O)C(=O)[N+]2(C(=O)NCc3cc(Cl)ccc3CN)CCC2)CC1. The molecule has 0 bridgehead atoms. The van der Waals surface area contributed by atoms with Crippen molar-refractivity contribution in [3.05, 3.63) is 34.3 Å². The molecule has 1 atom stereocenters. The highest BCUT2D eigenvalue weighted by molar-refractivity contribution is 6.30. The molecule has 142 valence electrons. The number of urea groups is 1. The number of rotatable bonds is 6. The van der Waals surface area contributed by atoms with Gasteiger partial charge in [-0.1, -0.05) is 24.6 Å². The van der Waals surface area contributed by atoms with Crippen molar-refractivity contribution in [2.75, 3.05) is 13.1 Å². The molecule has 1 aliphatic heterocycles. The first-order valence-electron chi connectivity index (χ1n) is 9.15. The van der Waals surface area contributed by atoms with E-state index in [-0.39, 0.29) is 28.4 Å². The normalized spacial score (nSPS) is 20.8. The van der Waals surface area contributed by atoms with Crippen LogP contribution in [0.4, 0.5) is 4.79 Å². The topological polar surface area (TPSA) is 92.4 Å². The van der Waals surface area contributed by atoms with E-state index in [1.54, 1.807) is 12.1 Å². The Bertz CT molecular complexity index is 714. The predicted octanol–water partition coefficient (Wildman–Crippen LogP) is 2.31. The molecular weight excluding hydrogens is 354 g/mol. The molecule has 1 saturated carbocycles. The van der Waals surface area contributed by atoms with E-state index in [0.717, 1.165) is 30.4 Å². The summed E-state index contributed by atoms with van der Waals surface area (Å²) >= 11 is 6.03. The standard InChI is InChI=1S/C19H26ClN3O3/c1-19(5-6-19)10-16(24)17(25)23(7-2-8-23)18(26)22-12-14-9-15(20)4-3-13(14)11-21/h3-4,9,16,24H,2,5-8,10-12,21H2,1H3/p+1/t16-/m1/s1. The molecule has 2 fully saturated rings. The van der Waals surface area contributed by atoms with Gasteiger partial charge >= 0.3 is 11.9 Å². The number of carbonyl (C=O) groups excluding carboxylic acids is 2. The first-order valence-corrected chi connectivity index (χ1v) is 9.53. The average Bonchev–Trinajstić information content (AvgIpc) is 3.28. The van der Waals surface area contributed by atoms with Crippen LogP contribution in [0.5, 0.6) is 0 Å². The Hall–Kier alpha value is -1.47. The first kappa shape index (κ1) is 19.3. The van der Waals surface area contributed by atoms with Crippen molar-refractivity contribution in [2.45, 2.75) is 51.8 Å². The molecule has 3 rings (SSSR count). The lowest BCUT2D eigenvalue weighted by molar-refractivity contribution is -0.818. The average molecular weight is 381 g/mol. The third-order valence-corrected chi connectivity index (χ3v) is 6.02. The van der Waals surface area contributed by atoms with E-state index in [1.165, 1.54) is 0 Å². The van der Waals surface area contributed by atoms with Crippen LogP contribution in [0, 0.1) is 5.41 Å². The predicted molar refractivity (Wildman–Crippen MR) is 99.2 cm³/mol. The minimum atomic E-state index is -1.08. The number of hydrogen-bond donors (Lipinski definition) is 3. The summed E-state index contributed by atoms with van der Waals surface area (Å²) < 4.78 is -0.310. The first-order chi connectivity index (χ1) is 12.3. The van der Waals surface area contributed by atoms with Crippen LogP contribution in [-0.4, -0.2) is 40.7 Å². The van der Waals surface area contributed by atoms with Gasteiger partial charge in [0, 0.05) is 24.5 Å². The quantitative estimate of drug-likeness (QED) is 0.660. The van der Waals surface area contributed by atoms with Gasteiger partial charge in [0.15, 0.2) is 6.10 Å². The zero-order valence-electron chi connectivity index (χ0n) is 15.1. The van der Waals surface area contributed by atoms with Crippen LogP contribution in [0.3, 0.4) is 0 Å². The zero-order chi connectivity index (χ0) is 18.9. The van der Waals surface area contributed by atoms with Gasteiger partial charge in [-0.15, -0.1) is 0 Å². The largest absolute Gasteiger partial charge is 0.424 e. The van der Waals surface area contributed by atoms with E-state index >= 15 is 0 Å². The third kappa shape index (κ3) is 3.78. The number of carbonyl (C=O) groups is 2. The van der Waals surface area contributed by atoms with E-state index in [4.69, 9.17) is 17.3 Å². The molecule has 1 saturated heterocycles. The molecule has 7 heteroatoms. The summed E-state index contributed by atoms with van der Waals surface area (Å²) in [4.78, 5) is 25.6. The van der Waals surface area contributed by atoms with Crippen molar-refractivity contribution in [3.63, 3.8) is 0 Å². The summed E-state index contributed by atoms with van der Waals surface area (Å²) in [6.07, 6.45) is 2.21. The van der Waals surface area contributed by atoms with Gasteiger partial charge in [-0.05, 0) is 47.9 Å². The van der Waals surface area contributed by atoms with E-state index < -0.39 is 6.10 Å². The molecule has 0 unspecified atom stereocenters. The summed E-state index contributed by atoms with van der Waals surface area (Å²) in [6, 6.07) is 5.01. The summed E-state index contributed by atoms with van der Waals surface area (Å²) in [6.45, 7) is 3.55. The lowest BCUT2D eigenvalue weighted by Crippen LogP contribution is -2.70. The van der Waals surface area contributed by atoms with Crippen molar-refractivity contribution in [1.29, 1.82) is 0 Å². The molecule has 6 nitrogen and oxygen atoms in total. The molecule has 1 aliphatic carbocycles. The Morgan fingerprint density at radius 3 is 2.58 bits per heavy atom. The van der Waals surface area contributed by atoms with Gasteiger partial charge in [0.25, 0.3) is 0 Å². The molecule has 1 aromatic carbocycles. The highest BCUT2D eigenvalue weighted by Gasteiger charge is 2.54. The number of nitrogens with zero attached hydrogens (tertiary/aromatic N) is 1. The third-order valence-electron chi connectivity index (χ3n) is 5.78. The number of imide groups is 1. The molecule has 0 spiro atoms. The van der Waals surface area contributed by atoms with Gasteiger partial charge in [0.05, 0.1) is 0 Å². The Morgan fingerprint density at radius 1 is 1.35 bits per heavy atom. The Kier molecular flexibility index (Phi) is 5.40. The van der Waals surface area contributed by atoms with Crippen LogP contribution in [0.1, 0.15) is 43.7 Å². The van der Waals surface area contributed by atoms with Crippen molar-refractivity contribution in [1.82, 2.24) is 5.32 Å². The number of aliphatic hydroxyl groups excluding tert-OH is 1. The van der Waals surface area contributed by atoms with E-state index in [1.807, 2.05) is 6.07 Å². The Morgan fingerprint density at radius 2 is 2.04 bits per heavy atom. The number of halogens is 1. The molecule has 1 heterocycles.